The Balaban J connectivity index is 5.04. The van der Waals surface area contributed by atoms with Crippen LogP contribution >= 0.6 is 12.6 Å². The molecule has 0 saturated carbocycles. The van der Waals surface area contributed by atoms with Crippen LogP contribution in [0, 0.1) is 0 Å². The Labute approximate surface area is 110 Å². The second-order valence-corrected chi connectivity index (χ2v) is 4.98. The van der Waals surface area contributed by atoms with Crippen LogP contribution in [-0.2, 0) is 9.53 Å². The zero-order chi connectivity index (χ0) is 14.5. The summed E-state index contributed by atoms with van der Waals surface area (Å²) in [7, 11) is 0. The van der Waals surface area contributed by atoms with Crippen LogP contribution in [0.15, 0.2) is 0 Å². The molecule has 0 spiro atoms. The van der Waals surface area contributed by atoms with Crippen molar-refractivity contribution < 1.29 is 28.2 Å². The highest BCUT2D eigenvalue weighted by Crippen LogP contribution is 2.18. The zero-order valence-electron chi connectivity index (χ0n) is 10.4. The normalized spacial score (nSPS) is 13.3. The maximum absolute atomic E-state index is 12.8. The van der Waals surface area contributed by atoms with Gasteiger partial charge in [-0.25, -0.2) is 14.5 Å². The minimum atomic E-state index is -3.25. The fourth-order valence-corrected chi connectivity index (χ4v) is 1.41. The minimum absolute atomic E-state index is 0.0585. The summed E-state index contributed by atoms with van der Waals surface area (Å²) in [6, 6.07) is -1.66. The van der Waals surface area contributed by atoms with Crippen LogP contribution in [0.3, 0.4) is 0 Å². The van der Waals surface area contributed by atoms with Gasteiger partial charge >= 0.3 is 18.6 Å². The van der Waals surface area contributed by atoms with Gasteiger partial charge in [-0.3, -0.25) is 0 Å². The zero-order valence-corrected chi connectivity index (χ0v) is 11.3. The van der Waals surface area contributed by atoms with Gasteiger partial charge in [-0.1, -0.05) is 0 Å². The van der Waals surface area contributed by atoms with Crippen LogP contribution in [0.1, 0.15) is 27.2 Å². The number of halogens is 2. The van der Waals surface area contributed by atoms with Gasteiger partial charge in [0.25, 0.3) is 0 Å². The highest BCUT2D eigenvalue weighted by molar-refractivity contribution is 7.80. The van der Waals surface area contributed by atoms with Gasteiger partial charge < -0.3 is 9.84 Å². The van der Waals surface area contributed by atoms with Crippen molar-refractivity contribution >= 4 is 24.7 Å². The van der Waals surface area contributed by atoms with E-state index >= 15 is 0 Å². The van der Waals surface area contributed by atoms with E-state index in [1.165, 1.54) is 20.8 Å². The number of rotatable bonds is 5. The van der Waals surface area contributed by atoms with Crippen LogP contribution in [0.5, 0.6) is 0 Å². The van der Waals surface area contributed by atoms with E-state index in [0.717, 1.165) is 0 Å². The molecule has 0 saturated heterocycles. The summed E-state index contributed by atoms with van der Waals surface area (Å²) in [5, 5.41) is 8.85. The number of carbonyl (C=O) groups excluding carboxylic acids is 1. The van der Waals surface area contributed by atoms with E-state index in [4.69, 9.17) is 9.84 Å². The van der Waals surface area contributed by atoms with Gasteiger partial charge in [0, 0.05) is 0 Å². The molecule has 0 aliphatic carbocycles. The molecule has 1 atom stereocenters. The highest BCUT2D eigenvalue weighted by atomic mass is 32.1. The van der Waals surface area contributed by atoms with E-state index in [1.807, 2.05) is 0 Å². The average Bonchev–Trinajstić information content (AvgIpc) is 2.13. The predicted octanol–water partition coefficient (Wildman–Crippen LogP) is 2.22. The van der Waals surface area contributed by atoms with Crippen LogP contribution < -0.4 is 0 Å². The molecule has 106 valence electrons. The summed E-state index contributed by atoms with van der Waals surface area (Å²) < 4.78 is 30.3. The molecule has 0 heterocycles. The van der Waals surface area contributed by atoms with E-state index in [2.05, 4.69) is 12.6 Å². The average molecular weight is 285 g/mol. The lowest BCUT2D eigenvalue weighted by atomic mass is 10.2. The number of alkyl halides is 2. The molecule has 5 nitrogen and oxygen atoms in total. The molecule has 0 fully saturated rings. The molecule has 0 rings (SSSR count). The Morgan fingerprint density at radius 2 is 1.89 bits per heavy atom. The Bertz CT molecular complexity index is 307. The third kappa shape index (κ3) is 5.52. The van der Waals surface area contributed by atoms with Crippen LogP contribution in [0.2, 0.25) is 0 Å². The first-order valence-corrected chi connectivity index (χ1v) is 5.86. The van der Waals surface area contributed by atoms with Crippen molar-refractivity contribution in [1.82, 2.24) is 4.90 Å². The van der Waals surface area contributed by atoms with Crippen molar-refractivity contribution in [2.75, 3.05) is 5.75 Å². The highest BCUT2D eigenvalue weighted by Gasteiger charge is 2.37. The van der Waals surface area contributed by atoms with Gasteiger partial charge in [-0.2, -0.15) is 21.4 Å². The third-order valence-corrected chi connectivity index (χ3v) is 2.10. The molecule has 0 aliphatic heterocycles. The Morgan fingerprint density at radius 1 is 1.39 bits per heavy atom. The second-order valence-electron chi connectivity index (χ2n) is 4.53. The smallest absolute Gasteiger partial charge is 0.415 e. The summed E-state index contributed by atoms with van der Waals surface area (Å²) in [6.07, 6.45) is -1.55. The first kappa shape index (κ1) is 16.9. The van der Waals surface area contributed by atoms with Crippen molar-refractivity contribution in [2.24, 2.45) is 0 Å². The Hall–Kier alpha value is -1.05. The largest absolute Gasteiger partial charge is 0.480 e. The molecule has 0 aromatic heterocycles. The molecule has 0 aliphatic rings. The SMILES string of the molecule is CC(C)(C)OC(=O)N(C(F)F)C(CCS)C(=O)O. The van der Waals surface area contributed by atoms with E-state index in [9.17, 15) is 18.4 Å². The molecule has 0 aromatic rings. The van der Waals surface area contributed by atoms with Gasteiger partial charge in [0.15, 0.2) is 0 Å². The summed E-state index contributed by atoms with van der Waals surface area (Å²) in [4.78, 5) is 22.4. The third-order valence-electron chi connectivity index (χ3n) is 1.84. The van der Waals surface area contributed by atoms with Crippen LogP contribution in [-0.4, -0.2) is 46.0 Å². The topological polar surface area (TPSA) is 66.8 Å². The lowest BCUT2D eigenvalue weighted by Gasteiger charge is -2.30. The Morgan fingerprint density at radius 3 is 2.17 bits per heavy atom. The van der Waals surface area contributed by atoms with Gasteiger partial charge in [0.2, 0.25) is 0 Å². The number of carboxylic acids is 1. The summed E-state index contributed by atoms with van der Waals surface area (Å²) in [5.74, 6) is -1.46. The maximum Gasteiger partial charge on any atom is 0.415 e. The molecule has 0 aromatic carbocycles. The first-order valence-electron chi connectivity index (χ1n) is 5.23. The van der Waals surface area contributed by atoms with Crippen LogP contribution in [0.25, 0.3) is 0 Å². The lowest BCUT2D eigenvalue weighted by Crippen LogP contribution is -2.50. The quantitative estimate of drug-likeness (QED) is 0.600. The number of ether oxygens (including phenoxy) is 1. The fraction of sp³-hybridized carbons (Fsp3) is 0.800. The number of hydrogen-bond acceptors (Lipinski definition) is 4. The number of amides is 1. The molecule has 0 bridgehead atoms. The van der Waals surface area contributed by atoms with Gasteiger partial charge in [0.1, 0.15) is 11.6 Å². The maximum atomic E-state index is 12.8. The van der Waals surface area contributed by atoms with Crippen LogP contribution in [0.4, 0.5) is 13.6 Å². The number of carboxylic acid groups (broad SMARTS) is 1. The van der Waals surface area contributed by atoms with Crippen molar-refractivity contribution in [3.63, 3.8) is 0 Å². The van der Waals surface area contributed by atoms with Crippen molar-refractivity contribution in [3.8, 4) is 0 Å². The van der Waals surface area contributed by atoms with Gasteiger partial charge in [-0.05, 0) is 32.9 Å². The summed E-state index contributed by atoms with van der Waals surface area (Å²) in [5.41, 5.74) is -0.978. The summed E-state index contributed by atoms with van der Waals surface area (Å²) >= 11 is 3.79. The molecule has 1 amide bonds. The van der Waals surface area contributed by atoms with Gasteiger partial charge in [0.05, 0.1) is 0 Å². The van der Waals surface area contributed by atoms with Gasteiger partial charge in [-0.15, -0.1) is 0 Å². The number of nitrogens with zero attached hydrogens (tertiary/aromatic N) is 1. The molecule has 1 unspecified atom stereocenters. The second kappa shape index (κ2) is 6.77. The number of thiol groups is 1. The fourth-order valence-electron chi connectivity index (χ4n) is 1.16. The van der Waals surface area contributed by atoms with E-state index in [0.29, 0.717) is 0 Å². The van der Waals surface area contributed by atoms with E-state index in [-0.39, 0.29) is 17.1 Å². The van der Waals surface area contributed by atoms with E-state index in [1.54, 1.807) is 0 Å². The Kier molecular flexibility index (Phi) is 6.37. The molecular formula is C10H17F2NO4S. The predicted molar refractivity (Wildman–Crippen MR) is 64.0 cm³/mol. The summed E-state index contributed by atoms with van der Waals surface area (Å²) in [6.45, 7) is 1.26. The molecular weight excluding hydrogens is 268 g/mol. The molecule has 1 N–H and O–H groups in total. The van der Waals surface area contributed by atoms with Crippen molar-refractivity contribution in [2.45, 2.75) is 45.4 Å². The molecule has 18 heavy (non-hydrogen) atoms. The van der Waals surface area contributed by atoms with Crippen molar-refractivity contribution in [3.05, 3.63) is 0 Å². The number of hydrogen-bond donors (Lipinski definition) is 2. The van der Waals surface area contributed by atoms with Crippen molar-refractivity contribution in [1.29, 1.82) is 0 Å². The lowest BCUT2D eigenvalue weighted by molar-refractivity contribution is -0.150. The molecule has 0 radical (unpaired) electrons. The van der Waals surface area contributed by atoms with E-state index < -0.39 is 30.3 Å². The number of aliphatic carboxylic acids is 1. The number of carbonyl (C=O) groups is 2. The first-order chi connectivity index (χ1) is 8.10. The monoisotopic (exact) mass is 285 g/mol. The molecule has 8 heteroatoms. The standard InChI is InChI=1S/C10H17F2NO4S/c1-10(2,3)17-9(16)13(8(11)12)6(4-5-18)7(14)15/h6,8,18H,4-5H2,1-3H3,(H,14,15). The minimum Gasteiger partial charge on any atom is -0.480 e.